The van der Waals surface area contributed by atoms with Gasteiger partial charge >= 0.3 is 6.18 Å². The highest BCUT2D eigenvalue weighted by molar-refractivity contribution is 7.89. The molecule has 1 aliphatic rings. The van der Waals surface area contributed by atoms with E-state index in [9.17, 15) is 26.4 Å². The number of nitrogens with zero attached hydrogens (tertiary/aromatic N) is 1. The molecule has 0 saturated carbocycles. The fourth-order valence-corrected chi connectivity index (χ4v) is 5.25. The van der Waals surface area contributed by atoms with E-state index in [0.29, 0.717) is 19.2 Å². The summed E-state index contributed by atoms with van der Waals surface area (Å²) in [4.78, 5) is 14.2. The Morgan fingerprint density at radius 3 is 2.75 bits per heavy atom. The van der Waals surface area contributed by atoms with Gasteiger partial charge in [0.1, 0.15) is 0 Å². The quantitative estimate of drug-likeness (QED) is 0.752. The predicted octanol–water partition coefficient (Wildman–Crippen LogP) is 3.67. The minimum Gasteiger partial charge on any atom is -0.338 e. The van der Waals surface area contributed by atoms with Crippen LogP contribution in [0.1, 0.15) is 22.4 Å². The first-order valence-corrected chi connectivity index (χ1v) is 11.0. The molecule has 152 valence electrons. The molecule has 2 heterocycles. The van der Waals surface area contributed by atoms with Crippen LogP contribution in [0.3, 0.4) is 0 Å². The monoisotopic (exact) mass is 452 g/mol. The summed E-state index contributed by atoms with van der Waals surface area (Å²) < 4.78 is 66.1. The minimum atomic E-state index is -4.88. The van der Waals surface area contributed by atoms with Crippen LogP contribution in [0, 0.1) is 0 Å². The van der Waals surface area contributed by atoms with Crippen molar-refractivity contribution in [2.75, 3.05) is 13.1 Å². The maximum absolute atomic E-state index is 13.1. The number of amides is 1. The van der Waals surface area contributed by atoms with E-state index >= 15 is 0 Å². The number of carbonyl (C=O) groups excluding carboxylic acids is 1. The predicted molar refractivity (Wildman–Crippen MR) is 99.7 cm³/mol. The molecular weight excluding hydrogens is 437 g/mol. The van der Waals surface area contributed by atoms with Gasteiger partial charge in [-0.05, 0) is 41.6 Å². The highest BCUT2D eigenvalue weighted by Gasteiger charge is 2.37. The van der Waals surface area contributed by atoms with Crippen LogP contribution in [0.15, 0.2) is 34.5 Å². The Morgan fingerprint density at radius 1 is 1.29 bits per heavy atom. The smallest absolute Gasteiger partial charge is 0.338 e. The lowest BCUT2D eigenvalue weighted by Gasteiger charge is -2.27. The Labute approximate surface area is 169 Å². The van der Waals surface area contributed by atoms with E-state index in [1.165, 1.54) is 4.88 Å². The molecule has 1 aromatic carbocycles. The summed E-state index contributed by atoms with van der Waals surface area (Å²) in [6.07, 6.45) is -4.28. The first kappa shape index (κ1) is 21.1. The number of carbonyl (C=O) groups is 1. The van der Waals surface area contributed by atoms with Crippen molar-refractivity contribution in [3.8, 4) is 0 Å². The number of benzene rings is 1. The van der Waals surface area contributed by atoms with Crippen LogP contribution < -0.4 is 4.72 Å². The summed E-state index contributed by atoms with van der Waals surface area (Å²) in [5.41, 5.74) is -0.277. The van der Waals surface area contributed by atoms with Gasteiger partial charge in [-0.2, -0.15) is 13.2 Å². The average molecular weight is 453 g/mol. The van der Waals surface area contributed by atoms with Gasteiger partial charge in [0.2, 0.25) is 15.9 Å². The van der Waals surface area contributed by atoms with Crippen LogP contribution in [0.25, 0.3) is 0 Å². The molecule has 0 radical (unpaired) electrons. The fraction of sp³-hybridized carbons (Fsp3) is 0.353. The number of sulfonamides is 1. The van der Waals surface area contributed by atoms with Crippen molar-refractivity contribution in [3.05, 3.63) is 50.7 Å². The number of thiophene rings is 1. The van der Waals surface area contributed by atoms with E-state index in [4.69, 9.17) is 11.6 Å². The molecule has 28 heavy (non-hydrogen) atoms. The van der Waals surface area contributed by atoms with Crippen molar-refractivity contribution in [2.45, 2.75) is 30.5 Å². The van der Waals surface area contributed by atoms with Gasteiger partial charge in [0.25, 0.3) is 0 Å². The number of nitrogens with one attached hydrogen (secondary N) is 1. The zero-order valence-corrected chi connectivity index (χ0v) is 16.8. The molecule has 0 aliphatic carbocycles. The molecular formula is C17H16ClF3N2O3S2. The lowest BCUT2D eigenvalue weighted by atomic mass is 10.1. The van der Waals surface area contributed by atoms with Crippen LogP contribution in [0.4, 0.5) is 13.2 Å². The van der Waals surface area contributed by atoms with E-state index < -0.39 is 26.7 Å². The van der Waals surface area contributed by atoms with Crippen LogP contribution >= 0.6 is 22.9 Å². The van der Waals surface area contributed by atoms with E-state index in [1.807, 2.05) is 11.4 Å². The van der Waals surface area contributed by atoms with Crippen LogP contribution in [-0.4, -0.2) is 32.3 Å². The summed E-state index contributed by atoms with van der Waals surface area (Å²) in [5, 5.41) is 1.73. The number of hydrogen-bond acceptors (Lipinski definition) is 4. The number of rotatable bonds is 5. The number of fused-ring (bicyclic) bond motifs is 1. The summed E-state index contributed by atoms with van der Waals surface area (Å²) in [5.74, 6) is -0.258. The molecule has 2 aromatic rings. The van der Waals surface area contributed by atoms with Gasteiger partial charge in [-0.1, -0.05) is 11.6 Å². The Kier molecular flexibility index (Phi) is 6.04. The molecule has 1 aliphatic heterocycles. The molecule has 11 heteroatoms. The Hall–Kier alpha value is -1.62. The molecule has 0 saturated heterocycles. The van der Waals surface area contributed by atoms with Gasteiger partial charge in [-0.15, -0.1) is 11.3 Å². The fourth-order valence-electron chi connectivity index (χ4n) is 2.95. The number of alkyl halides is 3. The third-order valence-electron chi connectivity index (χ3n) is 4.33. The summed E-state index contributed by atoms with van der Waals surface area (Å²) >= 11 is 7.20. The first-order valence-electron chi connectivity index (χ1n) is 8.27. The average Bonchev–Trinajstić information content (AvgIpc) is 3.08. The van der Waals surface area contributed by atoms with E-state index in [2.05, 4.69) is 4.72 Å². The lowest BCUT2D eigenvalue weighted by Crippen LogP contribution is -2.37. The van der Waals surface area contributed by atoms with Gasteiger partial charge < -0.3 is 4.90 Å². The maximum Gasteiger partial charge on any atom is 0.417 e. The normalized spacial score (nSPS) is 14.8. The van der Waals surface area contributed by atoms with Gasteiger partial charge in [0, 0.05) is 36.0 Å². The molecule has 0 unspecified atom stereocenters. The van der Waals surface area contributed by atoms with Crippen molar-refractivity contribution in [1.29, 1.82) is 0 Å². The SMILES string of the molecule is O=C(CCNS(=O)(=O)c1ccc(Cl)cc1C(F)(F)F)N1CCc2sccc2C1. The van der Waals surface area contributed by atoms with E-state index in [-0.39, 0.29) is 23.9 Å². The standard InChI is InChI=1S/C17H16ClF3N2O3S2/c18-12-1-2-15(13(9-12)17(19,20)21)28(25,26)22-6-3-16(24)23-7-4-14-11(10-23)5-8-27-14/h1-2,5,8-9,22H,3-4,6-7,10H2. The molecule has 1 N–H and O–H groups in total. The van der Waals surface area contributed by atoms with Gasteiger partial charge in [0.15, 0.2) is 0 Å². The van der Waals surface area contributed by atoms with Crippen LogP contribution in [-0.2, 0) is 34.0 Å². The molecule has 3 rings (SSSR count). The van der Waals surface area contributed by atoms with E-state index in [0.717, 1.165) is 24.1 Å². The summed E-state index contributed by atoms with van der Waals surface area (Å²) in [6, 6.07) is 4.38. The highest BCUT2D eigenvalue weighted by Crippen LogP contribution is 2.35. The van der Waals surface area contributed by atoms with Crippen LogP contribution in [0.5, 0.6) is 0 Å². The van der Waals surface area contributed by atoms with Crippen molar-refractivity contribution in [2.24, 2.45) is 0 Å². The van der Waals surface area contributed by atoms with Crippen LogP contribution in [0.2, 0.25) is 5.02 Å². The molecule has 1 amide bonds. The largest absolute Gasteiger partial charge is 0.417 e. The second-order valence-corrected chi connectivity index (χ2v) is 9.39. The molecule has 0 spiro atoms. The second-order valence-electron chi connectivity index (χ2n) is 6.22. The van der Waals surface area contributed by atoms with Gasteiger partial charge in [-0.25, -0.2) is 13.1 Å². The molecule has 0 bridgehead atoms. The molecule has 1 aromatic heterocycles. The Morgan fingerprint density at radius 2 is 2.04 bits per heavy atom. The van der Waals surface area contributed by atoms with Crippen molar-refractivity contribution < 1.29 is 26.4 Å². The van der Waals surface area contributed by atoms with Crippen molar-refractivity contribution in [1.82, 2.24) is 9.62 Å². The Bertz CT molecular complexity index is 990. The highest BCUT2D eigenvalue weighted by atomic mass is 35.5. The van der Waals surface area contributed by atoms with Gasteiger partial charge in [-0.3, -0.25) is 4.79 Å². The minimum absolute atomic E-state index is 0.145. The number of hydrogen-bond donors (Lipinski definition) is 1. The number of halogens is 4. The van der Waals surface area contributed by atoms with Gasteiger partial charge in [0.05, 0.1) is 10.5 Å². The third kappa shape index (κ3) is 4.68. The summed E-state index contributed by atoms with van der Waals surface area (Å²) in [6.45, 7) is 0.697. The molecule has 5 nitrogen and oxygen atoms in total. The molecule has 0 fully saturated rings. The second kappa shape index (κ2) is 8.02. The first-order chi connectivity index (χ1) is 13.1. The zero-order chi connectivity index (χ0) is 20.5. The zero-order valence-electron chi connectivity index (χ0n) is 14.4. The maximum atomic E-state index is 13.1. The lowest BCUT2D eigenvalue weighted by molar-refractivity contribution is -0.140. The Balaban J connectivity index is 1.64. The summed E-state index contributed by atoms with van der Waals surface area (Å²) in [7, 11) is -4.45. The topological polar surface area (TPSA) is 66.5 Å². The third-order valence-corrected chi connectivity index (χ3v) is 7.11. The van der Waals surface area contributed by atoms with Crippen molar-refractivity contribution >= 4 is 38.9 Å². The molecule has 0 atom stereocenters. The van der Waals surface area contributed by atoms with Crippen molar-refractivity contribution in [3.63, 3.8) is 0 Å². The van der Waals surface area contributed by atoms with E-state index in [1.54, 1.807) is 16.2 Å².